The third kappa shape index (κ3) is 3.94. The normalized spacial score (nSPS) is 11.8. The van der Waals surface area contributed by atoms with E-state index in [4.69, 9.17) is 4.74 Å². The Kier molecular flexibility index (Phi) is 4.50. The summed E-state index contributed by atoms with van der Waals surface area (Å²) < 4.78 is 5.18. The maximum atomic E-state index is 11.5. The van der Waals surface area contributed by atoms with Gasteiger partial charge in [0.1, 0.15) is 11.5 Å². The lowest BCUT2D eigenvalue weighted by Gasteiger charge is -2.31. The van der Waals surface area contributed by atoms with E-state index in [1.165, 1.54) is 11.3 Å². The van der Waals surface area contributed by atoms with Gasteiger partial charge in [0.25, 0.3) is 0 Å². The van der Waals surface area contributed by atoms with E-state index in [1.54, 1.807) is 6.07 Å². The Bertz CT molecular complexity index is 327. The molecule has 0 atom stereocenters. The lowest BCUT2D eigenvalue weighted by atomic mass is 10.1. The lowest BCUT2D eigenvalue weighted by molar-refractivity contribution is 0.0429. The largest absolute Gasteiger partial charge is 0.460 e. The van der Waals surface area contributed by atoms with Crippen LogP contribution in [0.4, 0.5) is 0 Å². The third-order valence-corrected chi connectivity index (χ3v) is 3.38. The minimum atomic E-state index is -0.225. The Morgan fingerprint density at radius 2 is 2.19 bits per heavy atom. The van der Waals surface area contributed by atoms with Crippen LogP contribution in [0.1, 0.15) is 30.4 Å². The molecule has 1 heterocycles. The molecule has 16 heavy (non-hydrogen) atoms. The van der Waals surface area contributed by atoms with Crippen molar-refractivity contribution in [2.75, 3.05) is 20.2 Å². The molecule has 0 aliphatic rings. The molecule has 0 bridgehead atoms. The molecule has 1 aromatic heterocycles. The summed E-state index contributed by atoms with van der Waals surface area (Å²) >= 11 is 1.41. The van der Waals surface area contributed by atoms with E-state index in [9.17, 15) is 4.79 Å². The van der Waals surface area contributed by atoms with Gasteiger partial charge in [-0.3, -0.25) is 4.90 Å². The van der Waals surface area contributed by atoms with Crippen LogP contribution < -0.4 is 0 Å². The second kappa shape index (κ2) is 5.46. The van der Waals surface area contributed by atoms with Crippen molar-refractivity contribution in [3.8, 4) is 0 Å². The van der Waals surface area contributed by atoms with E-state index in [0.29, 0.717) is 11.5 Å². The summed E-state index contributed by atoms with van der Waals surface area (Å²) in [4.78, 5) is 14.3. The Morgan fingerprint density at radius 1 is 1.50 bits per heavy atom. The van der Waals surface area contributed by atoms with E-state index in [0.717, 1.165) is 6.54 Å². The van der Waals surface area contributed by atoms with E-state index >= 15 is 0 Å². The summed E-state index contributed by atoms with van der Waals surface area (Å²) in [5, 5.41) is 1.87. The molecule has 1 rings (SSSR count). The number of hydrogen-bond donors (Lipinski definition) is 0. The zero-order chi connectivity index (χ0) is 12.2. The van der Waals surface area contributed by atoms with Gasteiger partial charge in [-0.25, -0.2) is 4.79 Å². The quantitative estimate of drug-likeness (QED) is 0.759. The molecule has 1 aromatic rings. The first-order valence-electron chi connectivity index (χ1n) is 5.33. The van der Waals surface area contributed by atoms with Crippen molar-refractivity contribution in [3.63, 3.8) is 0 Å². The minimum absolute atomic E-state index is 0.106. The molecular formula is C12H19NO2S. The fourth-order valence-electron chi connectivity index (χ4n) is 1.08. The van der Waals surface area contributed by atoms with Gasteiger partial charge >= 0.3 is 5.97 Å². The number of nitrogens with zero attached hydrogens (tertiary/aromatic N) is 1. The molecule has 0 aromatic carbocycles. The third-order valence-electron chi connectivity index (χ3n) is 2.53. The highest BCUT2D eigenvalue weighted by Crippen LogP contribution is 2.11. The second-order valence-electron chi connectivity index (χ2n) is 4.71. The van der Waals surface area contributed by atoms with Crippen molar-refractivity contribution in [2.24, 2.45) is 0 Å². The van der Waals surface area contributed by atoms with Gasteiger partial charge in [0, 0.05) is 12.1 Å². The van der Waals surface area contributed by atoms with Crippen LogP contribution in [0.5, 0.6) is 0 Å². The van der Waals surface area contributed by atoms with Crippen LogP contribution >= 0.6 is 11.3 Å². The van der Waals surface area contributed by atoms with E-state index in [2.05, 4.69) is 25.7 Å². The molecule has 0 unspecified atom stereocenters. The minimum Gasteiger partial charge on any atom is -0.460 e. The lowest BCUT2D eigenvalue weighted by Crippen LogP contribution is -2.40. The summed E-state index contributed by atoms with van der Waals surface area (Å²) in [6, 6.07) is 3.63. The molecule has 0 saturated carbocycles. The van der Waals surface area contributed by atoms with Crippen molar-refractivity contribution in [1.82, 2.24) is 4.90 Å². The van der Waals surface area contributed by atoms with E-state index in [1.807, 2.05) is 18.5 Å². The summed E-state index contributed by atoms with van der Waals surface area (Å²) in [5.41, 5.74) is 0.106. The first-order chi connectivity index (χ1) is 7.41. The molecule has 0 spiro atoms. The molecule has 4 heteroatoms. The predicted molar refractivity (Wildman–Crippen MR) is 67.0 cm³/mol. The van der Waals surface area contributed by atoms with E-state index < -0.39 is 0 Å². The standard InChI is InChI=1S/C12H19NO2S/c1-12(2,3)13(4)7-8-15-11(14)10-6-5-9-16-10/h5-6,9H,7-8H2,1-4H3. The Labute approximate surface area is 101 Å². The van der Waals surface area contributed by atoms with Gasteiger partial charge in [0.15, 0.2) is 0 Å². The van der Waals surface area contributed by atoms with Crippen LogP contribution in [0.25, 0.3) is 0 Å². The molecule has 0 radical (unpaired) electrons. The molecular weight excluding hydrogens is 222 g/mol. The number of rotatable bonds is 4. The van der Waals surface area contributed by atoms with Crippen molar-refractivity contribution in [2.45, 2.75) is 26.3 Å². The number of carbonyl (C=O) groups is 1. The molecule has 0 aliphatic heterocycles. The zero-order valence-electron chi connectivity index (χ0n) is 10.3. The molecule has 90 valence electrons. The average molecular weight is 241 g/mol. The highest BCUT2D eigenvalue weighted by molar-refractivity contribution is 7.11. The number of thiophene rings is 1. The van der Waals surface area contributed by atoms with Crippen molar-refractivity contribution < 1.29 is 9.53 Å². The van der Waals surface area contributed by atoms with Crippen molar-refractivity contribution in [1.29, 1.82) is 0 Å². The van der Waals surface area contributed by atoms with E-state index in [-0.39, 0.29) is 11.5 Å². The van der Waals surface area contributed by atoms with Gasteiger partial charge in [-0.1, -0.05) is 6.07 Å². The molecule has 0 aliphatic carbocycles. The average Bonchev–Trinajstić information content (AvgIpc) is 2.68. The highest BCUT2D eigenvalue weighted by atomic mass is 32.1. The first-order valence-corrected chi connectivity index (χ1v) is 6.21. The molecule has 0 N–H and O–H groups in total. The Morgan fingerprint density at radius 3 is 2.69 bits per heavy atom. The summed E-state index contributed by atoms with van der Waals surface area (Å²) in [5.74, 6) is -0.225. The van der Waals surface area contributed by atoms with Crippen LogP contribution in [0.2, 0.25) is 0 Å². The smallest absolute Gasteiger partial charge is 0.348 e. The SMILES string of the molecule is CN(CCOC(=O)c1cccs1)C(C)(C)C. The maximum absolute atomic E-state index is 11.5. The van der Waals surface area contributed by atoms with Gasteiger partial charge in [0.05, 0.1) is 0 Å². The van der Waals surface area contributed by atoms with Gasteiger partial charge in [-0.15, -0.1) is 11.3 Å². The molecule has 0 amide bonds. The predicted octanol–water partition coefficient (Wildman–Crippen LogP) is 2.64. The summed E-state index contributed by atoms with van der Waals surface area (Å²) in [6.07, 6.45) is 0. The monoisotopic (exact) mass is 241 g/mol. The molecule has 3 nitrogen and oxygen atoms in total. The van der Waals surface area contributed by atoms with Crippen LogP contribution in [-0.2, 0) is 4.74 Å². The van der Waals surface area contributed by atoms with Crippen molar-refractivity contribution in [3.05, 3.63) is 22.4 Å². The summed E-state index contributed by atoms with van der Waals surface area (Å²) in [7, 11) is 2.03. The Balaban J connectivity index is 2.29. The second-order valence-corrected chi connectivity index (χ2v) is 5.65. The molecule has 0 saturated heterocycles. The molecule has 0 fully saturated rings. The number of carbonyl (C=O) groups excluding carboxylic acids is 1. The van der Waals surface area contributed by atoms with Crippen LogP contribution in [0.3, 0.4) is 0 Å². The maximum Gasteiger partial charge on any atom is 0.348 e. The number of esters is 1. The summed E-state index contributed by atoms with van der Waals surface area (Å²) in [6.45, 7) is 7.58. The first kappa shape index (κ1) is 13.2. The van der Waals surface area contributed by atoms with Crippen LogP contribution in [0, 0.1) is 0 Å². The highest BCUT2D eigenvalue weighted by Gasteiger charge is 2.17. The fourth-order valence-corrected chi connectivity index (χ4v) is 1.69. The number of ether oxygens (including phenoxy) is 1. The van der Waals surface area contributed by atoms with Crippen molar-refractivity contribution >= 4 is 17.3 Å². The van der Waals surface area contributed by atoms with Crippen LogP contribution in [-0.4, -0.2) is 36.6 Å². The van der Waals surface area contributed by atoms with Gasteiger partial charge in [-0.2, -0.15) is 0 Å². The van der Waals surface area contributed by atoms with Gasteiger partial charge < -0.3 is 4.74 Å². The van der Waals surface area contributed by atoms with Gasteiger partial charge in [0.2, 0.25) is 0 Å². The topological polar surface area (TPSA) is 29.5 Å². The fraction of sp³-hybridized carbons (Fsp3) is 0.583. The number of hydrogen-bond acceptors (Lipinski definition) is 4. The number of likely N-dealkylation sites (N-methyl/N-ethyl adjacent to an activating group) is 1. The van der Waals surface area contributed by atoms with Gasteiger partial charge in [-0.05, 0) is 39.3 Å². The zero-order valence-corrected chi connectivity index (χ0v) is 11.1. The van der Waals surface area contributed by atoms with Crippen LogP contribution in [0.15, 0.2) is 17.5 Å². The Hall–Kier alpha value is -0.870.